The van der Waals surface area contributed by atoms with Crippen molar-refractivity contribution in [2.24, 2.45) is 5.92 Å². The lowest BCUT2D eigenvalue weighted by atomic mass is 9.93. The smallest absolute Gasteiger partial charge is 0.137 e. The standard InChI is InChI=1S/C13H16Cl2O2/c1-16-12-5-4-9(7-11(12)14)13(15)10-3-2-6-17-8-10/h4-5,7,10,13H,2-3,6,8H2,1H3. The van der Waals surface area contributed by atoms with Crippen molar-refractivity contribution in [3.63, 3.8) is 0 Å². The molecule has 2 nitrogen and oxygen atoms in total. The molecule has 0 N–H and O–H groups in total. The average Bonchev–Trinajstić information content (AvgIpc) is 2.39. The zero-order valence-corrected chi connectivity index (χ0v) is 11.3. The molecule has 1 aromatic carbocycles. The first-order valence-electron chi connectivity index (χ1n) is 5.77. The second-order valence-electron chi connectivity index (χ2n) is 4.27. The van der Waals surface area contributed by atoms with Gasteiger partial charge in [-0.1, -0.05) is 17.7 Å². The number of rotatable bonds is 3. The summed E-state index contributed by atoms with van der Waals surface area (Å²) in [5.41, 5.74) is 1.04. The van der Waals surface area contributed by atoms with E-state index in [0.717, 1.165) is 31.6 Å². The molecule has 1 aliphatic heterocycles. The number of ether oxygens (including phenoxy) is 2. The molecule has 1 fully saturated rings. The summed E-state index contributed by atoms with van der Waals surface area (Å²) in [4.78, 5) is 0. The van der Waals surface area contributed by atoms with Crippen LogP contribution in [-0.4, -0.2) is 20.3 Å². The highest BCUT2D eigenvalue weighted by Gasteiger charge is 2.24. The predicted molar refractivity (Wildman–Crippen MR) is 70.1 cm³/mol. The van der Waals surface area contributed by atoms with Crippen LogP contribution in [0, 0.1) is 5.92 Å². The molecule has 1 aromatic rings. The van der Waals surface area contributed by atoms with Crippen molar-refractivity contribution >= 4 is 23.2 Å². The fraction of sp³-hybridized carbons (Fsp3) is 0.538. The Morgan fingerprint density at radius 1 is 1.47 bits per heavy atom. The van der Waals surface area contributed by atoms with Gasteiger partial charge in [0.25, 0.3) is 0 Å². The normalized spacial score (nSPS) is 22.2. The summed E-state index contributed by atoms with van der Waals surface area (Å²) in [7, 11) is 1.61. The van der Waals surface area contributed by atoms with E-state index in [1.807, 2.05) is 18.2 Å². The van der Waals surface area contributed by atoms with E-state index in [9.17, 15) is 0 Å². The highest BCUT2D eigenvalue weighted by Crippen LogP contribution is 2.37. The van der Waals surface area contributed by atoms with Gasteiger partial charge in [0.15, 0.2) is 0 Å². The largest absolute Gasteiger partial charge is 0.495 e. The minimum Gasteiger partial charge on any atom is -0.495 e. The van der Waals surface area contributed by atoms with Crippen molar-refractivity contribution in [2.45, 2.75) is 18.2 Å². The highest BCUT2D eigenvalue weighted by molar-refractivity contribution is 6.32. The van der Waals surface area contributed by atoms with Crippen molar-refractivity contribution < 1.29 is 9.47 Å². The third kappa shape index (κ3) is 3.06. The Morgan fingerprint density at radius 2 is 2.29 bits per heavy atom. The molecule has 2 rings (SSSR count). The van der Waals surface area contributed by atoms with Crippen LogP contribution < -0.4 is 4.74 Å². The quantitative estimate of drug-likeness (QED) is 0.774. The molecule has 0 amide bonds. The number of hydrogen-bond donors (Lipinski definition) is 0. The number of benzene rings is 1. The van der Waals surface area contributed by atoms with Gasteiger partial charge in [-0.2, -0.15) is 0 Å². The molecule has 1 aliphatic rings. The third-order valence-electron chi connectivity index (χ3n) is 3.10. The molecule has 0 spiro atoms. The number of halogens is 2. The lowest BCUT2D eigenvalue weighted by Crippen LogP contribution is -2.21. The molecule has 1 saturated heterocycles. The molecule has 94 valence electrons. The molecule has 0 aliphatic carbocycles. The van der Waals surface area contributed by atoms with Gasteiger partial charge in [-0.25, -0.2) is 0 Å². The van der Waals surface area contributed by atoms with Crippen LogP contribution in [0.4, 0.5) is 0 Å². The maximum absolute atomic E-state index is 6.47. The van der Waals surface area contributed by atoms with Gasteiger partial charge >= 0.3 is 0 Å². The second kappa shape index (κ2) is 5.94. The zero-order chi connectivity index (χ0) is 12.3. The Morgan fingerprint density at radius 3 is 2.88 bits per heavy atom. The first-order chi connectivity index (χ1) is 8.22. The van der Waals surface area contributed by atoms with Gasteiger partial charge in [0, 0.05) is 12.5 Å². The summed E-state index contributed by atoms with van der Waals surface area (Å²) in [6.45, 7) is 1.58. The van der Waals surface area contributed by atoms with Gasteiger partial charge in [-0.3, -0.25) is 0 Å². The van der Waals surface area contributed by atoms with E-state index in [2.05, 4.69) is 0 Å². The maximum atomic E-state index is 6.47. The molecule has 17 heavy (non-hydrogen) atoms. The molecular weight excluding hydrogens is 259 g/mol. The Labute approximate surface area is 112 Å². The maximum Gasteiger partial charge on any atom is 0.137 e. The van der Waals surface area contributed by atoms with Crippen LogP contribution in [-0.2, 0) is 4.74 Å². The van der Waals surface area contributed by atoms with Crippen molar-refractivity contribution in [2.75, 3.05) is 20.3 Å². The third-order valence-corrected chi connectivity index (χ3v) is 4.01. The van der Waals surface area contributed by atoms with Crippen molar-refractivity contribution in [3.05, 3.63) is 28.8 Å². The van der Waals surface area contributed by atoms with Crippen molar-refractivity contribution in [3.8, 4) is 5.75 Å². The summed E-state index contributed by atoms with van der Waals surface area (Å²) >= 11 is 12.6. The van der Waals surface area contributed by atoms with Crippen LogP contribution in [0.2, 0.25) is 5.02 Å². The average molecular weight is 275 g/mol. The summed E-state index contributed by atoms with van der Waals surface area (Å²) in [6, 6.07) is 5.71. The summed E-state index contributed by atoms with van der Waals surface area (Å²) in [5.74, 6) is 1.05. The monoisotopic (exact) mass is 274 g/mol. The first-order valence-corrected chi connectivity index (χ1v) is 6.59. The fourth-order valence-corrected chi connectivity index (χ4v) is 2.72. The lowest BCUT2D eigenvalue weighted by molar-refractivity contribution is 0.0531. The molecular formula is C13H16Cl2O2. The van der Waals surface area contributed by atoms with E-state index in [1.165, 1.54) is 0 Å². The molecule has 0 bridgehead atoms. The van der Waals surface area contributed by atoms with Gasteiger partial charge in [0.05, 0.1) is 24.1 Å². The molecule has 4 heteroatoms. The minimum atomic E-state index is -0.0429. The van der Waals surface area contributed by atoms with E-state index in [1.54, 1.807) is 7.11 Å². The molecule has 0 saturated carbocycles. The van der Waals surface area contributed by atoms with Crippen LogP contribution in [0.5, 0.6) is 5.75 Å². The second-order valence-corrected chi connectivity index (χ2v) is 5.15. The summed E-state index contributed by atoms with van der Waals surface area (Å²) in [6.07, 6.45) is 2.19. The Balaban J connectivity index is 2.12. The van der Waals surface area contributed by atoms with Crippen LogP contribution in [0.15, 0.2) is 18.2 Å². The predicted octanol–water partition coefficient (Wildman–Crippen LogP) is 4.06. The topological polar surface area (TPSA) is 18.5 Å². The van der Waals surface area contributed by atoms with E-state index < -0.39 is 0 Å². The van der Waals surface area contributed by atoms with Crippen LogP contribution in [0.3, 0.4) is 0 Å². The van der Waals surface area contributed by atoms with Crippen molar-refractivity contribution in [1.82, 2.24) is 0 Å². The Kier molecular flexibility index (Phi) is 4.55. The van der Waals surface area contributed by atoms with Crippen molar-refractivity contribution in [1.29, 1.82) is 0 Å². The first kappa shape index (κ1) is 13.0. The number of alkyl halides is 1. The zero-order valence-electron chi connectivity index (χ0n) is 9.79. The lowest BCUT2D eigenvalue weighted by Gasteiger charge is -2.26. The van der Waals surface area contributed by atoms with E-state index in [4.69, 9.17) is 32.7 Å². The number of hydrogen-bond acceptors (Lipinski definition) is 2. The highest BCUT2D eigenvalue weighted by atomic mass is 35.5. The van der Waals surface area contributed by atoms with Crippen LogP contribution >= 0.6 is 23.2 Å². The minimum absolute atomic E-state index is 0.0429. The van der Waals surface area contributed by atoms with E-state index in [-0.39, 0.29) is 5.38 Å². The van der Waals surface area contributed by atoms with Gasteiger partial charge in [0.1, 0.15) is 5.75 Å². The van der Waals surface area contributed by atoms with Gasteiger partial charge < -0.3 is 9.47 Å². The van der Waals surface area contributed by atoms with Gasteiger partial charge in [-0.05, 0) is 30.5 Å². The molecule has 0 radical (unpaired) electrons. The molecule has 1 heterocycles. The van der Waals surface area contributed by atoms with Crippen LogP contribution in [0.25, 0.3) is 0 Å². The van der Waals surface area contributed by atoms with Crippen LogP contribution in [0.1, 0.15) is 23.8 Å². The summed E-state index contributed by atoms with van der Waals surface area (Å²) < 4.78 is 10.6. The summed E-state index contributed by atoms with van der Waals surface area (Å²) in [5, 5.41) is 0.561. The SMILES string of the molecule is COc1ccc(C(Cl)C2CCCOC2)cc1Cl. The Hall–Kier alpha value is -0.440. The fourth-order valence-electron chi connectivity index (χ4n) is 2.12. The molecule has 0 aromatic heterocycles. The molecule has 2 atom stereocenters. The van der Waals surface area contributed by atoms with E-state index in [0.29, 0.717) is 16.7 Å². The molecule has 2 unspecified atom stereocenters. The van der Waals surface area contributed by atoms with Gasteiger partial charge in [0.2, 0.25) is 0 Å². The number of methoxy groups -OCH3 is 1. The van der Waals surface area contributed by atoms with E-state index >= 15 is 0 Å². The van der Waals surface area contributed by atoms with Gasteiger partial charge in [-0.15, -0.1) is 11.6 Å². The Bertz CT molecular complexity index is 376.